The molecular weight excluding hydrogens is 394 g/mol. The molecule has 0 unspecified atom stereocenters. The topological polar surface area (TPSA) is 46.6 Å². The van der Waals surface area contributed by atoms with E-state index in [4.69, 9.17) is 21.7 Å². The first-order chi connectivity index (χ1) is 14.7. The van der Waals surface area contributed by atoms with E-state index in [1.54, 1.807) is 20.4 Å². The van der Waals surface area contributed by atoms with E-state index in [-0.39, 0.29) is 0 Å². The first-order valence-electron chi connectivity index (χ1n) is 10.9. The average molecular weight is 428 g/mol. The van der Waals surface area contributed by atoms with Gasteiger partial charge in [-0.1, -0.05) is 50.3 Å². The van der Waals surface area contributed by atoms with E-state index in [1.807, 2.05) is 24.4 Å². The lowest BCUT2D eigenvalue weighted by atomic mass is 9.97. The molecule has 0 aliphatic heterocycles. The molecule has 0 saturated heterocycles. The number of methoxy groups -OCH3 is 2. The SMILES string of the molecule is COc1cccc(CN(Cc2cccnc2)C(=S)NC2CCCCCCC2)c1OC. The fraction of sp³-hybridized carbons (Fsp3) is 0.500. The number of pyridine rings is 1. The standard InChI is InChI=1S/C24H33N3O2S/c1-28-22-14-8-11-20(23(22)29-2)18-27(17-19-10-9-15-25-16-19)24(30)26-21-12-6-4-3-5-7-13-21/h8-11,14-16,21H,3-7,12-13,17-18H2,1-2H3,(H,26,30). The summed E-state index contributed by atoms with van der Waals surface area (Å²) in [5.41, 5.74) is 2.17. The van der Waals surface area contributed by atoms with Gasteiger partial charge in [-0.15, -0.1) is 0 Å². The predicted octanol–water partition coefficient (Wildman–Crippen LogP) is 5.09. The van der Waals surface area contributed by atoms with Gasteiger partial charge in [0.2, 0.25) is 0 Å². The number of thiocarbonyl (C=S) groups is 1. The summed E-state index contributed by atoms with van der Waals surface area (Å²) in [6.07, 6.45) is 12.6. The molecule has 30 heavy (non-hydrogen) atoms. The van der Waals surface area contributed by atoms with Crippen LogP contribution in [0.3, 0.4) is 0 Å². The van der Waals surface area contributed by atoms with E-state index < -0.39 is 0 Å². The van der Waals surface area contributed by atoms with Crippen LogP contribution in [0.1, 0.15) is 56.1 Å². The molecule has 0 bridgehead atoms. The van der Waals surface area contributed by atoms with Gasteiger partial charge in [-0.05, 0) is 42.8 Å². The molecule has 1 aromatic carbocycles. The monoisotopic (exact) mass is 427 g/mol. The minimum Gasteiger partial charge on any atom is -0.493 e. The molecule has 1 aliphatic rings. The van der Waals surface area contributed by atoms with E-state index in [1.165, 1.54) is 44.9 Å². The molecule has 2 aromatic rings. The van der Waals surface area contributed by atoms with Crippen LogP contribution in [-0.4, -0.2) is 35.3 Å². The number of para-hydroxylation sites is 1. The van der Waals surface area contributed by atoms with Crippen LogP contribution >= 0.6 is 12.2 Å². The highest BCUT2D eigenvalue weighted by Gasteiger charge is 2.19. The maximum absolute atomic E-state index is 5.90. The van der Waals surface area contributed by atoms with Crippen LogP contribution in [0.2, 0.25) is 0 Å². The van der Waals surface area contributed by atoms with Gasteiger partial charge in [0.25, 0.3) is 0 Å². The molecule has 0 atom stereocenters. The third kappa shape index (κ3) is 6.33. The van der Waals surface area contributed by atoms with E-state index in [9.17, 15) is 0 Å². The van der Waals surface area contributed by atoms with Crippen molar-refractivity contribution in [2.24, 2.45) is 0 Å². The zero-order valence-corrected chi connectivity index (χ0v) is 18.9. The molecule has 1 saturated carbocycles. The number of nitrogens with zero attached hydrogens (tertiary/aromatic N) is 2. The first-order valence-corrected chi connectivity index (χ1v) is 11.3. The Labute approximate surface area is 185 Å². The third-order valence-corrected chi connectivity index (χ3v) is 6.04. The highest BCUT2D eigenvalue weighted by molar-refractivity contribution is 7.80. The molecule has 6 heteroatoms. The third-order valence-electron chi connectivity index (χ3n) is 5.66. The molecule has 1 heterocycles. The fourth-order valence-electron chi connectivity index (χ4n) is 4.06. The van der Waals surface area contributed by atoms with Crippen LogP contribution in [-0.2, 0) is 13.1 Å². The van der Waals surface area contributed by atoms with Gasteiger partial charge in [-0.2, -0.15) is 0 Å². The average Bonchev–Trinajstić information content (AvgIpc) is 2.75. The number of ether oxygens (including phenoxy) is 2. The molecule has 3 rings (SSSR count). The predicted molar refractivity (Wildman–Crippen MR) is 125 cm³/mol. The maximum Gasteiger partial charge on any atom is 0.169 e. The maximum atomic E-state index is 5.90. The van der Waals surface area contributed by atoms with Crippen molar-refractivity contribution in [1.82, 2.24) is 15.2 Å². The lowest BCUT2D eigenvalue weighted by Gasteiger charge is -2.30. The second kappa shape index (κ2) is 11.7. The minimum atomic E-state index is 0.446. The van der Waals surface area contributed by atoms with Gasteiger partial charge in [0.15, 0.2) is 16.6 Å². The summed E-state index contributed by atoms with van der Waals surface area (Å²) in [5.74, 6) is 1.49. The van der Waals surface area contributed by atoms with E-state index >= 15 is 0 Å². The number of hydrogen-bond acceptors (Lipinski definition) is 4. The van der Waals surface area contributed by atoms with Gasteiger partial charge in [0.05, 0.1) is 14.2 Å². The number of nitrogens with one attached hydrogen (secondary N) is 1. The van der Waals surface area contributed by atoms with Crippen LogP contribution in [0.25, 0.3) is 0 Å². The van der Waals surface area contributed by atoms with Crippen molar-refractivity contribution in [1.29, 1.82) is 0 Å². The lowest BCUT2D eigenvalue weighted by Crippen LogP contribution is -2.44. The van der Waals surface area contributed by atoms with E-state index in [0.29, 0.717) is 19.1 Å². The summed E-state index contributed by atoms with van der Waals surface area (Å²) in [5, 5.41) is 4.44. The quantitative estimate of drug-likeness (QED) is 0.621. The zero-order chi connectivity index (χ0) is 21.2. The second-order valence-corrected chi connectivity index (χ2v) is 8.25. The molecule has 1 fully saturated rings. The van der Waals surface area contributed by atoms with Gasteiger partial charge >= 0.3 is 0 Å². The second-order valence-electron chi connectivity index (χ2n) is 7.86. The number of hydrogen-bond donors (Lipinski definition) is 1. The van der Waals surface area contributed by atoms with Crippen LogP contribution in [0, 0.1) is 0 Å². The van der Waals surface area contributed by atoms with Gasteiger partial charge in [-0.25, -0.2) is 0 Å². The minimum absolute atomic E-state index is 0.446. The Bertz CT molecular complexity index is 792. The van der Waals surface area contributed by atoms with Crippen molar-refractivity contribution < 1.29 is 9.47 Å². The molecule has 5 nitrogen and oxygen atoms in total. The Morgan fingerprint density at radius 1 is 1.03 bits per heavy atom. The molecule has 162 valence electrons. The molecule has 1 aromatic heterocycles. The summed E-state index contributed by atoms with van der Waals surface area (Å²) >= 11 is 5.90. The summed E-state index contributed by atoms with van der Waals surface area (Å²) in [7, 11) is 3.34. The Morgan fingerprint density at radius 3 is 2.47 bits per heavy atom. The van der Waals surface area contributed by atoms with Crippen LogP contribution in [0.4, 0.5) is 0 Å². The molecule has 1 N–H and O–H groups in total. The summed E-state index contributed by atoms with van der Waals surface area (Å²) in [4.78, 5) is 6.47. The van der Waals surface area contributed by atoms with Crippen LogP contribution < -0.4 is 14.8 Å². The number of aromatic nitrogens is 1. The number of benzene rings is 1. The van der Waals surface area contributed by atoms with Crippen molar-refractivity contribution in [3.8, 4) is 11.5 Å². The van der Waals surface area contributed by atoms with Crippen molar-refractivity contribution >= 4 is 17.3 Å². The van der Waals surface area contributed by atoms with Crippen LogP contribution in [0.5, 0.6) is 11.5 Å². The fourth-order valence-corrected chi connectivity index (χ4v) is 4.36. The van der Waals surface area contributed by atoms with E-state index in [0.717, 1.165) is 27.7 Å². The van der Waals surface area contributed by atoms with Gasteiger partial charge in [0.1, 0.15) is 0 Å². The summed E-state index contributed by atoms with van der Waals surface area (Å²) in [6, 6.07) is 10.5. The molecule has 0 amide bonds. The van der Waals surface area contributed by atoms with Crippen molar-refractivity contribution in [3.05, 3.63) is 53.9 Å². The molecule has 0 spiro atoms. The Morgan fingerprint density at radius 2 is 1.80 bits per heavy atom. The largest absolute Gasteiger partial charge is 0.493 e. The highest BCUT2D eigenvalue weighted by Crippen LogP contribution is 2.32. The van der Waals surface area contributed by atoms with Crippen molar-refractivity contribution in [3.63, 3.8) is 0 Å². The summed E-state index contributed by atoms with van der Waals surface area (Å²) < 4.78 is 11.1. The van der Waals surface area contributed by atoms with Crippen molar-refractivity contribution in [2.75, 3.05) is 14.2 Å². The van der Waals surface area contributed by atoms with E-state index in [2.05, 4.69) is 27.3 Å². The Hall–Kier alpha value is -2.34. The van der Waals surface area contributed by atoms with Crippen LogP contribution in [0.15, 0.2) is 42.7 Å². The zero-order valence-electron chi connectivity index (χ0n) is 18.1. The molecular formula is C24H33N3O2S. The highest BCUT2D eigenvalue weighted by atomic mass is 32.1. The Kier molecular flexibility index (Phi) is 8.75. The number of rotatable bonds is 7. The van der Waals surface area contributed by atoms with Crippen molar-refractivity contribution in [2.45, 2.75) is 64.1 Å². The smallest absolute Gasteiger partial charge is 0.169 e. The first kappa shape index (κ1) is 22.3. The summed E-state index contributed by atoms with van der Waals surface area (Å²) in [6.45, 7) is 1.32. The molecule has 1 aliphatic carbocycles. The van der Waals surface area contributed by atoms with Gasteiger partial charge in [0, 0.05) is 37.1 Å². The Balaban J connectivity index is 1.78. The normalized spacial score (nSPS) is 15.0. The lowest BCUT2D eigenvalue weighted by molar-refractivity contribution is 0.335. The van der Waals surface area contributed by atoms with Gasteiger partial charge < -0.3 is 19.7 Å². The molecule has 0 radical (unpaired) electrons. The van der Waals surface area contributed by atoms with Gasteiger partial charge in [-0.3, -0.25) is 4.98 Å².